The monoisotopic (exact) mass is 377 g/mol. The maximum atomic E-state index is 4.84. The average molecular weight is 378 g/mol. The van der Waals surface area contributed by atoms with E-state index in [0.29, 0.717) is 0 Å². The fraction of sp³-hybridized carbons (Fsp3) is 0.381. The lowest BCUT2D eigenvalue weighted by atomic mass is 10.2. The van der Waals surface area contributed by atoms with Gasteiger partial charge in [-0.05, 0) is 19.3 Å². The predicted molar refractivity (Wildman–Crippen MR) is 109 cm³/mol. The SMILES string of the molecule is c1ccc(-c2csc(CN3CCN(c4ncnc5c4CCC5)CC3)n2)cc1. The first kappa shape index (κ1) is 16.8. The quantitative estimate of drug-likeness (QED) is 0.697. The van der Waals surface area contributed by atoms with Crippen molar-refractivity contribution in [3.63, 3.8) is 0 Å². The Balaban J connectivity index is 1.22. The van der Waals surface area contributed by atoms with Crippen molar-refractivity contribution in [1.29, 1.82) is 0 Å². The van der Waals surface area contributed by atoms with Crippen molar-refractivity contribution < 1.29 is 0 Å². The number of hydrogen-bond donors (Lipinski definition) is 0. The lowest BCUT2D eigenvalue weighted by Crippen LogP contribution is -2.46. The molecule has 0 radical (unpaired) electrons. The zero-order chi connectivity index (χ0) is 18.1. The number of thiazole rings is 1. The first-order chi connectivity index (χ1) is 13.4. The Kier molecular flexibility index (Phi) is 4.59. The van der Waals surface area contributed by atoms with Crippen LogP contribution in [-0.2, 0) is 19.4 Å². The van der Waals surface area contributed by atoms with Gasteiger partial charge in [0, 0.05) is 48.4 Å². The summed E-state index contributed by atoms with van der Waals surface area (Å²) in [6.45, 7) is 5.10. The third-order valence-electron chi connectivity index (χ3n) is 5.50. The summed E-state index contributed by atoms with van der Waals surface area (Å²) in [6, 6.07) is 10.4. The van der Waals surface area contributed by atoms with Crippen LogP contribution in [0, 0.1) is 0 Å². The molecule has 0 spiro atoms. The Morgan fingerprint density at radius 3 is 2.67 bits per heavy atom. The number of aromatic nitrogens is 3. The highest BCUT2D eigenvalue weighted by molar-refractivity contribution is 7.09. The van der Waals surface area contributed by atoms with Crippen molar-refractivity contribution in [2.75, 3.05) is 31.1 Å². The standard InChI is InChI=1S/C21H23N5S/c1-2-5-16(6-3-1)19-14-27-20(24-19)13-25-9-11-26(12-10-25)21-17-7-4-8-18(17)22-15-23-21/h1-3,5-6,14-15H,4,7-13H2. The number of piperazine rings is 1. The number of benzene rings is 1. The van der Waals surface area contributed by atoms with E-state index in [9.17, 15) is 0 Å². The molecule has 0 saturated carbocycles. The normalized spacial score (nSPS) is 17.3. The van der Waals surface area contributed by atoms with Gasteiger partial charge in [0.2, 0.25) is 0 Å². The third kappa shape index (κ3) is 3.47. The molecule has 5 rings (SSSR count). The van der Waals surface area contributed by atoms with Crippen molar-refractivity contribution >= 4 is 17.2 Å². The molecule has 0 atom stereocenters. The minimum absolute atomic E-state index is 0.938. The maximum absolute atomic E-state index is 4.84. The Morgan fingerprint density at radius 2 is 1.81 bits per heavy atom. The van der Waals surface area contributed by atoms with E-state index in [1.165, 1.54) is 34.1 Å². The van der Waals surface area contributed by atoms with Gasteiger partial charge in [0.25, 0.3) is 0 Å². The molecule has 2 aromatic heterocycles. The number of fused-ring (bicyclic) bond motifs is 1. The van der Waals surface area contributed by atoms with Gasteiger partial charge in [-0.2, -0.15) is 0 Å². The number of aryl methyl sites for hydroxylation is 1. The maximum Gasteiger partial charge on any atom is 0.135 e. The Morgan fingerprint density at radius 1 is 0.963 bits per heavy atom. The zero-order valence-corrected chi connectivity index (χ0v) is 16.2. The van der Waals surface area contributed by atoms with Crippen molar-refractivity contribution in [3.05, 3.63) is 58.3 Å². The van der Waals surface area contributed by atoms with E-state index in [1.54, 1.807) is 17.7 Å². The second-order valence-corrected chi connectivity index (χ2v) is 8.17. The first-order valence-corrected chi connectivity index (χ1v) is 10.5. The van der Waals surface area contributed by atoms with E-state index in [1.807, 2.05) is 6.07 Å². The van der Waals surface area contributed by atoms with E-state index in [4.69, 9.17) is 4.98 Å². The molecule has 3 heterocycles. The summed E-state index contributed by atoms with van der Waals surface area (Å²) in [4.78, 5) is 18.9. The molecule has 1 aliphatic heterocycles. The summed E-state index contributed by atoms with van der Waals surface area (Å²) in [5, 5.41) is 3.37. The molecule has 138 valence electrons. The lowest BCUT2D eigenvalue weighted by molar-refractivity contribution is 0.249. The van der Waals surface area contributed by atoms with Crippen LogP contribution in [0.15, 0.2) is 42.0 Å². The van der Waals surface area contributed by atoms with Gasteiger partial charge in [0.05, 0.1) is 12.2 Å². The molecule has 1 saturated heterocycles. The number of nitrogens with zero attached hydrogens (tertiary/aromatic N) is 5. The van der Waals surface area contributed by atoms with Crippen LogP contribution in [0.2, 0.25) is 0 Å². The van der Waals surface area contributed by atoms with E-state index in [0.717, 1.165) is 51.3 Å². The van der Waals surface area contributed by atoms with Gasteiger partial charge in [-0.3, -0.25) is 4.90 Å². The molecule has 6 heteroatoms. The van der Waals surface area contributed by atoms with E-state index in [2.05, 4.69) is 49.4 Å². The molecule has 1 aliphatic carbocycles. The van der Waals surface area contributed by atoms with Gasteiger partial charge < -0.3 is 4.90 Å². The predicted octanol–water partition coefficient (Wildman–Crippen LogP) is 3.41. The smallest absolute Gasteiger partial charge is 0.135 e. The molecule has 0 N–H and O–H groups in total. The van der Waals surface area contributed by atoms with E-state index >= 15 is 0 Å². The van der Waals surface area contributed by atoms with E-state index in [-0.39, 0.29) is 0 Å². The third-order valence-corrected chi connectivity index (χ3v) is 6.34. The van der Waals surface area contributed by atoms with Crippen LogP contribution in [0.1, 0.15) is 22.7 Å². The van der Waals surface area contributed by atoms with Gasteiger partial charge in [-0.1, -0.05) is 30.3 Å². The summed E-state index contributed by atoms with van der Waals surface area (Å²) in [5.74, 6) is 1.18. The number of anilines is 1. The number of rotatable bonds is 4. The molecule has 1 fully saturated rings. The van der Waals surface area contributed by atoms with Crippen LogP contribution < -0.4 is 4.90 Å². The zero-order valence-electron chi connectivity index (χ0n) is 15.3. The number of hydrogen-bond acceptors (Lipinski definition) is 6. The van der Waals surface area contributed by atoms with Crippen molar-refractivity contribution in [3.8, 4) is 11.3 Å². The molecule has 27 heavy (non-hydrogen) atoms. The van der Waals surface area contributed by atoms with Crippen LogP contribution in [0.4, 0.5) is 5.82 Å². The fourth-order valence-electron chi connectivity index (χ4n) is 4.05. The van der Waals surface area contributed by atoms with Gasteiger partial charge in [0.1, 0.15) is 17.2 Å². The topological polar surface area (TPSA) is 45.2 Å². The van der Waals surface area contributed by atoms with Crippen LogP contribution in [0.25, 0.3) is 11.3 Å². The van der Waals surface area contributed by atoms with Crippen LogP contribution in [0.3, 0.4) is 0 Å². The van der Waals surface area contributed by atoms with Crippen LogP contribution in [-0.4, -0.2) is 46.0 Å². The molecule has 1 aromatic carbocycles. The molecule has 0 amide bonds. The van der Waals surface area contributed by atoms with Crippen LogP contribution in [0.5, 0.6) is 0 Å². The van der Waals surface area contributed by atoms with Crippen LogP contribution >= 0.6 is 11.3 Å². The molecule has 0 bridgehead atoms. The molecular formula is C21H23N5S. The second-order valence-electron chi connectivity index (χ2n) is 7.23. The highest BCUT2D eigenvalue weighted by atomic mass is 32.1. The Hall–Kier alpha value is -2.31. The highest BCUT2D eigenvalue weighted by Gasteiger charge is 2.24. The lowest BCUT2D eigenvalue weighted by Gasteiger charge is -2.35. The summed E-state index contributed by atoms with van der Waals surface area (Å²) < 4.78 is 0. The Labute approximate surface area is 163 Å². The van der Waals surface area contributed by atoms with Crippen molar-refractivity contribution in [1.82, 2.24) is 19.9 Å². The van der Waals surface area contributed by atoms with E-state index < -0.39 is 0 Å². The van der Waals surface area contributed by atoms with Crippen molar-refractivity contribution in [2.24, 2.45) is 0 Å². The Bertz CT molecular complexity index is 915. The summed E-state index contributed by atoms with van der Waals surface area (Å²) in [6.07, 6.45) is 5.20. The van der Waals surface area contributed by atoms with Gasteiger partial charge in [-0.15, -0.1) is 11.3 Å². The highest BCUT2D eigenvalue weighted by Crippen LogP contribution is 2.29. The molecular weight excluding hydrogens is 354 g/mol. The summed E-state index contributed by atoms with van der Waals surface area (Å²) in [7, 11) is 0. The molecule has 0 unspecified atom stereocenters. The van der Waals surface area contributed by atoms with Gasteiger partial charge in [0.15, 0.2) is 0 Å². The molecule has 3 aromatic rings. The minimum atomic E-state index is 0.938. The first-order valence-electron chi connectivity index (χ1n) is 9.67. The summed E-state index contributed by atoms with van der Waals surface area (Å²) in [5.41, 5.74) is 4.94. The van der Waals surface area contributed by atoms with Crippen molar-refractivity contribution in [2.45, 2.75) is 25.8 Å². The molecule has 5 nitrogen and oxygen atoms in total. The largest absolute Gasteiger partial charge is 0.354 e. The second kappa shape index (κ2) is 7.37. The molecule has 2 aliphatic rings. The fourth-order valence-corrected chi connectivity index (χ4v) is 4.89. The summed E-state index contributed by atoms with van der Waals surface area (Å²) >= 11 is 1.76. The van der Waals surface area contributed by atoms with Gasteiger partial charge in [-0.25, -0.2) is 15.0 Å². The average Bonchev–Trinajstić information content (AvgIpc) is 3.38. The minimum Gasteiger partial charge on any atom is -0.354 e. The van der Waals surface area contributed by atoms with Gasteiger partial charge >= 0.3 is 0 Å².